The second kappa shape index (κ2) is 60.4. The van der Waals surface area contributed by atoms with Crippen molar-refractivity contribution in [2.75, 3.05) is 19.8 Å². The fourth-order valence-electron chi connectivity index (χ4n) is 8.41. The standard InChI is InChI=1S/C65H114O5/c1-4-7-10-13-16-19-22-25-28-31-33-35-37-40-43-46-49-52-55-58-64(66)69-62-63(61-68-60-57-54-51-48-45-42-39-30-27-24-21-18-15-12-9-6-3)70-65(67)59-56-53-50-47-44-41-38-36-34-32-29-26-23-20-17-14-11-8-5-2/h9,12,16,18-19,21,25-30,33,35,63H,4-8,10-11,13-15,17,20,22-24,31-32,34,36-62H2,1-3H3/b12-9-,19-16-,21-18-,28-25-,29-26-,30-27-,35-33-. The smallest absolute Gasteiger partial charge is 0.306 e. The summed E-state index contributed by atoms with van der Waals surface area (Å²) in [7, 11) is 0. The van der Waals surface area contributed by atoms with E-state index in [-0.39, 0.29) is 25.2 Å². The van der Waals surface area contributed by atoms with E-state index in [9.17, 15) is 9.59 Å². The lowest BCUT2D eigenvalue weighted by molar-refractivity contribution is -0.163. The van der Waals surface area contributed by atoms with E-state index in [2.05, 4.69) is 106 Å². The van der Waals surface area contributed by atoms with Gasteiger partial charge < -0.3 is 14.2 Å². The number of rotatable bonds is 55. The van der Waals surface area contributed by atoms with Crippen molar-refractivity contribution in [2.24, 2.45) is 0 Å². The molecule has 0 N–H and O–H groups in total. The number of allylic oxidation sites excluding steroid dienone is 14. The molecule has 0 fully saturated rings. The van der Waals surface area contributed by atoms with Crippen molar-refractivity contribution in [1.29, 1.82) is 0 Å². The van der Waals surface area contributed by atoms with Crippen LogP contribution in [0.1, 0.15) is 290 Å². The monoisotopic (exact) mass is 975 g/mol. The summed E-state index contributed by atoms with van der Waals surface area (Å²) in [6, 6.07) is 0. The Kier molecular flexibility index (Phi) is 57.9. The van der Waals surface area contributed by atoms with Crippen LogP contribution in [0.5, 0.6) is 0 Å². The zero-order valence-corrected chi connectivity index (χ0v) is 46.5. The van der Waals surface area contributed by atoms with Crippen molar-refractivity contribution in [3.05, 3.63) is 85.1 Å². The van der Waals surface area contributed by atoms with Crippen molar-refractivity contribution in [3.8, 4) is 0 Å². The number of ether oxygens (including phenoxy) is 3. The van der Waals surface area contributed by atoms with Crippen LogP contribution in [0.2, 0.25) is 0 Å². The third kappa shape index (κ3) is 57.7. The molecule has 0 aromatic rings. The first kappa shape index (κ1) is 67.1. The largest absolute Gasteiger partial charge is 0.462 e. The molecule has 0 aromatic carbocycles. The van der Waals surface area contributed by atoms with Crippen LogP contribution in [0, 0.1) is 0 Å². The third-order valence-electron chi connectivity index (χ3n) is 12.9. The lowest BCUT2D eigenvalue weighted by atomic mass is 10.1. The zero-order chi connectivity index (χ0) is 50.6. The molecule has 0 heterocycles. The molecule has 0 spiro atoms. The Morgan fingerprint density at radius 2 is 0.643 bits per heavy atom. The number of hydrogen-bond acceptors (Lipinski definition) is 5. The molecule has 5 nitrogen and oxygen atoms in total. The molecule has 404 valence electrons. The third-order valence-corrected chi connectivity index (χ3v) is 12.9. The Balaban J connectivity index is 4.32. The van der Waals surface area contributed by atoms with Gasteiger partial charge in [0.15, 0.2) is 6.10 Å². The van der Waals surface area contributed by atoms with Gasteiger partial charge in [-0.3, -0.25) is 9.59 Å². The maximum Gasteiger partial charge on any atom is 0.306 e. The van der Waals surface area contributed by atoms with Gasteiger partial charge in [0.05, 0.1) is 6.61 Å². The highest BCUT2D eigenvalue weighted by Crippen LogP contribution is 2.15. The molecule has 5 heteroatoms. The minimum absolute atomic E-state index is 0.0700. The topological polar surface area (TPSA) is 61.8 Å². The Morgan fingerprint density at radius 1 is 0.329 bits per heavy atom. The van der Waals surface area contributed by atoms with Gasteiger partial charge in [-0.05, 0) is 116 Å². The van der Waals surface area contributed by atoms with Crippen LogP contribution < -0.4 is 0 Å². The van der Waals surface area contributed by atoms with Crippen molar-refractivity contribution >= 4 is 11.9 Å². The zero-order valence-electron chi connectivity index (χ0n) is 46.5. The van der Waals surface area contributed by atoms with Crippen LogP contribution in [-0.2, 0) is 23.8 Å². The maximum atomic E-state index is 12.9. The molecule has 1 unspecified atom stereocenters. The van der Waals surface area contributed by atoms with Crippen LogP contribution in [0.4, 0.5) is 0 Å². The van der Waals surface area contributed by atoms with Gasteiger partial charge in [0.1, 0.15) is 6.61 Å². The van der Waals surface area contributed by atoms with Crippen LogP contribution >= 0.6 is 0 Å². The van der Waals surface area contributed by atoms with Crippen LogP contribution in [0.15, 0.2) is 85.1 Å². The highest BCUT2D eigenvalue weighted by molar-refractivity contribution is 5.70. The van der Waals surface area contributed by atoms with Crippen molar-refractivity contribution in [1.82, 2.24) is 0 Å². The second-order valence-electron chi connectivity index (χ2n) is 19.9. The van der Waals surface area contributed by atoms with Gasteiger partial charge in [0, 0.05) is 19.4 Å². The molecule has 70 heavy (non-hydrogen) atoms. The van der Waals surface area contributed by atoms with Gasteiger partial charge in [0.2, 0.25) is 0 Å². The fraction of sp³-hybridized carbons (Fsp3) is 0.754. The summed E-state index contributed by atoms with van der Waals surface area (Å²) >= 11 is 0. The van der Waals surface area contributed by atoms with E-state index in [1.54, 1.807) is 0 Å². The predicted octanol–water partition coefficient (Wildman–Crippen LogP) is 20.8. The Morgan fingerprint density at radius 3 is 1.07 bits per heavy atom. The van der Waals surface area contributed by atoms with Crippen LogP contribution in [0.3, 0.4) is 0 Å². The van der Waals surface area contributed by atoms with Gasteiger partial charge in [-0.2, -0.15) is 0 Å². The summed E-state index contributed by atoms with van der Waals surface area (Å²) < 4.78 is 17.5. The first-order valence-corrected chi connectivity index (χ1v) is 30.1. The first-order chi connectivity index (χ1) is 34.6. The van der Waals surface area contributed by atoms with Gasteiger partial charge in [-0.25, -0.2) is 0 Å². The Bertz CT molecular complexity index is 1290. The fourth-order valence-corrected chi connectivity index (χ4v) is 8.41. The van der Waals surface area contributed by atoms with Gasteiger partial charge >= 0.3 is 11.9 Å². The van der Waals surface area contributed by atoms with Crippen LogP contribution in [0.25, 0.3) is 0 Å². The minimum Gasteiger partial charge on any atom is -0.462 e. The van der Waals surface area contributed by atoms with E-state index in [0.29, 0.717) is 19.4 Å². The molecule has 0 aliphatic carbocycles. The average Bonchev–Trinajstić information content (AvgIpc) is 3.36. The van der Waals surface area contributed by atoms with E-state index >= 15 is 0 Å². The highest BCUT2D eigenvalue weighted by Gasteiger charge is 2.17. The number of carbonyl (C=O) groups excluding carboxylic acids is 2. The van der Waals surface area contributed by atoms with E-state index in [1.165, 1.54) is 167 Å². The normalized spacial score (nSPS) is 12.8. The van der Waals surface area contributed by atoms with Crippen LogP contribution in [-0.4, -0.2) is 37.9 Å². The minimum atomic E-state index is -0.555. The number of hydrogen-bond donors (Lipinski definition) is 0. The lowest BCUT2D eigenvalue weighted by Crippen LogP contribution is -2.30. The lowest BCUT2D eigenvalue weighted by Gasteiger charge is -2.18. The number of esters is 2. The summed E-state index contributed by atoms with van der Waals surface area (Å²) in [5, 5.41) is 0. The molecular weight excluding hydrogens is 861 g/mol. The molecule has 0 rings (SSSR count). The van der Waals surface area contributed by atoms with E-state index in [1.807, 2.05) is 0 Å². The van der Waals surface area contributed by atoms with Gasteiger partial charge in [-0.1, -0.05) is 247 Å². The van der Waals surface area contributed by atoms with Crippen molar-refractivity contribution < 1.29 is 23.8 Å². The summed E-state index contributed by atoms with van der Waals surface area (Å²) in [6.07, 6.45) is 80.3. The van der Waals surface area contributed by atoms with E-state index in [0.717, 1.165) is 89.9 Å². The van der Waals surface area contributed by atoms with E-state index in [4.69, 9.17) is 14.2 Å². The molecule has 0 amide bonds. The molecule has 1 atom stereocenters. The second-order valence-corrected chi connectivity index (χ2v) is 19.9. The molecule has 0 saturated heterocycles. The summed E-state index contributed by atoms with van der Waals surface area (Å²) in [5.41, 5.74) is 0. The molecule has 0 aliphatic rings. The van der Waals surface area contributed by atoms with Gasteiger partial charge in [-0.15, -0.1) is 0 Å². The van der Waals surface area contributed by atoms with Crippen molar-refractivity contribution in [3.63, 3.8) is 0 Å². The highest BCUT2D eigenvalue weighted by atomic mass is 16.6. The summed E-state index contributed by atoms with van der Waals surface area (Å²) in [6.45, 7) is 7.67. The summed E-state index contributed by atoms with van der Waals surface area (Å²) in [5.74, 6) is -0.415. The maximum absolute atomic E-state index is 12.9. The number of carbonyl (C=O) groups is 2. The molecular formula is C65H114O5. The molecule has 0 saturated carbocycles. The SMILES string of the molecule is CC/C=C\C/C=C\C/C=C\CCCCCCCCOCC(COC(=O)CCCCCCCC/C=C\C/C=C\C/C=C\CCCCC)OC(=O)CCCCCCCCCCC/C=C\CCCCCCCC. The summed E-state index contributed by atoms with van der Waals surface area (Å²) in [4.78, 5) is 25.6. The average molecular weight is 976 g/mol. The quantitative estimate of drug-likeness (QED) is 0.0345. The van der Waals surface area contributed by atoms with Gasteiger partial charge in [0.25, 0.3) is 0 Å². The Labute approximate surface area is 435 Å². The number of unbranched alkanes of at least 4 members (excludes halogenated alkanes) is 30. The first-order valence-electron chi connectivity index (χ1n) is 30.1. The molecule has 0 aromatic heterocycles. The Hall–Kier alpha value is -2.92. The van der Waals surface area contributed by atoms with E-state index < -0.39 is 6.10 Å². The molecule has 0 radical (unpaired) electrons. The predicted molar refractivity (Wildman–Crippen MR) is 307 cm³/mol. The van der Waals surface area contributed by atoms with Crippen molar-refractivity contribution in [2.45, 2.75) is 297 Å². The molecule has 0 aliphatic heterocycles. The molecule has 0 bridgehead atoms.